The van der Waals surface area contributed by atoms with Gasteiger partial charge in [-0.1, -0.05) is 26.0 Å². The average Bonchev–Trinajstić information content (AvgIpc) is 2.34. The monoisotopic (exact) mass is 248 g/mol. The molecule has 2 atom stereocenters. The van der Waals surface area contributed by atoms with E-state index in [9.17, 15) is 9.90 Å². The summed E-state index contributed by atoms with van der Waals surface area (Å²) in [7, 11) is 0. The molecule has 0 bridgehead atoms. The van der Waals surface area contributed by atoms with Gasteiger partial charge in [0.15, 0.2) is 0 Å². The van der Waals surface area contributed by atoms with Crippen molar-refractivity contribution >= 4 is 5.91 Å². The molecule has 1 aromatic carbocycles. The molecule has 18 heavy (non-hydrogen) atoms. The van der Waals surface area contributed by atoms with Crippen molar-refractivity contribution in [3.8, 4) is 0 Å². The number of carbonyl (C=O) groups is 1. The van der Waals surface area contributed by atoms with Crippen LogP contribution in [0.2, 0.25) is 0 Å². The van der Waals surface area contributed by atoms with Gasteiger partial charge in [-0.15, -0.1) is 0 Å². The second-order valence-electron chi connectivity index (χ2n) is 5.57. The molecule has 0 heterocycles. The number of nitrogens with two attached hydrogens (primary N) is 1. The van der Waals surface area contributed by atoms with Crippen LogP contribution in [0.4, 0.5) is 0 Å². The van der Waals surface area contributed by atoms with Gasteiger partial charge >= 0.3 is 0 Å². The lowest BCUT2D eigenvalue weighted by atomic mass is 9.64. The normalized spacial score (nSPS) is 25.5. The molecule has 98 valence electrons. The van der Waals surface area contributed by atoms with E-state index in [0.717, 1.165) is 18.5 Å². The molecule has 4 nitrogen and oxygen atoms in total. The van der Waals surface area contributed by atoms with E-state index in [1.807, 2.05) is 12.1 Å². The molecule has 2 rings (SSSR count). The van der Waals surface area contributed by atoms with Crippen LogP contribution in [0, 0.1) is 5.41 Å². The summed E-state index contributed by atoms with van der Waals surface area (Å²) in [6.45, 7) is 4.86. The minimum Gasteiger partial charge on any atom is -0.392 e. The summed E-state index contributed by atoms with van der Waals surface area (Å²) in [4.78, 5) is 10.9. The van der Waals surface area contributed by atoms with Gasteiger partial charge in [0.2, 0.25) is 5.91 Å². The zero-order valence-electron chi connectivity index (χ0n) is 10.8. The Morgan fingerprint density at radius 1 is 1.44 bits per heavy atom. The van der Waals surface area contributed by atoms with Crippen LogP contribution in [0.15, 0.2) is 24.3 Å². The largest absolute Gasteiger partial charge is 0.392 e. The minimum atomic E-state index is -0.405. The van der Waals surface area contributed by atoms with Crippen molar-refractivity contribution in [1.82, 2.24) is 5.32 Å². The molecule has 0 aromatic heterocycles. The Balaban J connectivity index is 1.90. The standard InChI is InChI=1S/C14H20N2O2/c1-14(2)11(7-12(14)17)16-8-9-3-5-10(6-4-9)13(15)18/h3-6,11-12,16-17H,7-8H2,1-2H3,(H2,15,18). The predicted molar refractivity (Wildman–Crippen MR) is 70.0 cm³/mol. The second-order valence-corrected chi connectivity index (χ2v) is 5.57. The van der Waals surface area contributed by atoms with Crippen LogP contribution in [-0.2, 0) is 6.54 Å². The van der Waals surface area contributed by atoms with Gasteiger partial charge in [-0.2, -0.15) is 0 Å². The van der Waals surface area contributed by atoms with E-state index < -0.39 is 5.91 Å². The first-order valence-corrected chi connectivity index (χ1v) is 6.21. The van der Waals surface area contributed by atoms with Crippen LogP contribution < -0.4 is 11.1 Å². The molecule has 1 fully saturated rings. The van der Waals surface area contributed by atoms with Gasteiger partial charge in [0.05, 0.1) is 6.10 Å². The summed E-state index contributed by atoms with van der Waals surface area (Å²) < 4.78 is 0. The van der Waals surface area contributed by atoms with Gasteiger partial charge in [0, 0.05) is 23.6 Å². The van der Waals surface area contributed by atoms with Crippen LogP contribution in [0.3, 0.4) is 0 Å². The molecule has 0 aliphatic heterocycles. The number of rotatable bonds is 4. The fourth-order valence-corrected chi connectivity index (χ4v) is 2.28. The molecule has 4 heteroatoms. The maximum Gasteiger partial charge on any atom is 0.248 e. The summed E-state index contributed by atoms with van der Waals surface area (Å²) in [5.41, 5.74) is 6.76. The van der Waals surface area contributed by atoms with Gasteiger partial charge in [-0.25, -0.2) is 0 Å². The van der Waals surface area contributed by atoms with Crippen molar-refractivity contribution in [2.75, 3.05) is 0 Å². The number of carbonyl (C=O) groups excluding carboxylic acids is 1. The lowest BCUT2D eigenvalue weighted by Gasteiger charge is -2.49. The fraction of sp³-hybridized carbons (Fsp3) is 0.500. The van der Waals surface area contributed by atoms with E-state index in [2.05, 4.69) is 19.2 Å². The van der Waals surface area contributed by atoms with E-state index in [-0.39, 0.29) is 11.5 Å². The average molecular weight is 248 g/mol. The predicted octanol–water partition coefficient (Wildman–Crippen LogP) is 1.03. The Kier molecular flexibility index (Phi) is 3.41. The third kappa shape index (κ3) is 2.40. The molecule has 1 aromatic rings. The number of aliphatic hydroxyl groups is 1. The van der Waals surface area contributed by atoms with Crippen LogP contribution in [0.25, 0.3) is 0 Å². The lowest BCUT2D eigenvalue weighted by Crippen LogP contribution is -2.59. The van der Waals surface area contributed by atoms with Crippen molar-refractivity contribution in [3.05, 3.63) is 35.4 Å². The van der Waals surface area contributed by atoms with Gasteiger partial charge in [0.25, 0.3) is 0 Å². The van der Waals surface area contributed by atoms with Crippen molar-refractivity contribution < 1.29 is 9.90 Å². The van der Waals surface area contributed by atoms with Gasteiger partial charge < -0.3 is 16.2 Å². The van der Waals surface area contributed by atoms with E-state index in [1.54, 1.807) is 12.1 Å². The van der Waals surface area contributed by atoms with E-state index in [1.165, 1.54) is 0 Å². The zero-order valence-corrected chi connectivity index (χ0v) is 10.8. The smallest absolute Gasteiger partial charge is 0.248 e. The number of nitrogens with one attached hydrogen (secondary N) is 1. The summed E-state index contributed by atoms with van der Waals surface area (Å²) >= 11 is 0. The molecule has 4 N–H and O–H groups in total. The quantitative estimate of drug-likeness (QED) is 0.745. The van der Waals surface area contributed by atoms with Crippen LogP contribution in [0.5, 0.6) is 0 Å². The summed E-state index contributed by atoms with van der Waals surface area (Å²) in [5, 5.41) is 13.1. The topological polar surface area (TPSA) is 75.3 Å². The van der Waals surface area contributed by atoms with Crippen LogP contribution in [0.1, 0.15) is 36.2 Å². The molecule has 1 aliphatic carbocycles. The Hall–Kier alpha value is -1.39. The highest BCUT2D eigenvalue weighted by Crippen LogP contribution is 2.40. The maximum atomic E-state index is 10.9. The molecule has 1 saturated carbocycles. The number of hydrogen-bond donors (Lipinski definition) is 3. The minimum absolute atomic E-state index is 0.0623. The SMILES string of the molecule is CC1(C)C(O)CC1NCc1ccc(C(N)=O)cc1. The highest BCUT2D eigenvalue weighted by atomic mass is 16.3. The van der Waals surface area contributed by atoms with Crippen LogP contribution in [-0.4, -0.2) is 23.2 Å². The molecule has 1 amide bonds. The van der Waals surface area contributed by atoms with Gasteiger partial charge in [0.1, 0.15) is 0 Å². The molecule has 0 radical (unpaired) electrons. The van der Waals surface area contributed by atoms with E-state index >= 15 is 0 Å². The summed E-state index contributed by atoms with van der Waals surface area (Å²) in [5.74, 6) is -0.405. The zero-order chi connectivity index (χ0) is 13.3. The van der Waals surface area contributed by atoms with Crippen molar-refractivity contribution in [2.24, 2.45) is 11.1 Å². The van der Waals surface area contributed by atoms with Crippen LogP contribution >= 0.6 is 0 Å². The number of hydrogen-bond acceptors (Lipinski definition) is 3. The first-order valence-electron chi connectivity index (χ1n) is 6.21. The van der Waals surface area contributed by atoms with Gasteiger partial charge in [-0.3, -0.25) is 4.79 Å². The molecule has 0 spiro atoms. The third-order valence-corrected chi connectivity index (χ3v) is 4.01. The van der Waals surface area contributed by atoms with E-state index in [0.29, 0.717) is 11.6 Å². The Morgan fingerprint density at radius 3 is 2.50 bits per heavy atom. The maximum absolute atomic E-state index is 10.9. The van der Waals surface area contributed by atoms with Gasteiger partial charge in [-0.05, 0) is 24.1 Å². The molecular weight excluding hydrogens is 228 g/mol. The number of aliphatic hydroxyl groups excluding tert-OH is 1. The second kappa shape index (κ2) is 4.71. The van der Waals surface area contributed by atoms with Crippen molar-refractivity contribution in [2.45, 2.75) is 39.0 Å². The third-order valence-electron chi connectivity index (χ3n) is 4.01. The summed E-state index contributed by atoms with van der Waals surface area (Å²) in [6, 6.07) is 7.60. The summed E-state index contributed by atoms with van der Waals surface area (Å²) in [6.07, 6.45) is 0.582. The highest BCUT2D eigenvalue weighted by Gasteiger charge is 2.46. The molecule has 0 saturated heterocycles. The number of primary amides is 1. The molecule has 1 aliphatic rings. The Labute approximate surface area is 107 Å². The Morgan fingerprint density at radius 2 is 2.06 bits per heavy atom. The lowest BCUT2D eigenvalue weighted by molar-refractivity contribution is -0.0729. The van der Waals surface area contributed by atoms with Crippen molar-refractivity contribution in [1.29, 1.82) is 0 Å². The molecular formula is C14H20N2O2. The van der Waals surface area contributed by atoms with Crippen molar-refractivity contribution in [3.63, 3.8) is 0 Å². The Bertz CT molecular complexity index is 440. The highest BCUT2D eigenvalue weighted by molar-refractivity contribution is 5.92. The fourth-order valence-electron chi connectivity index (χ4n) is 2.28. The van der Waals surface area contributed by atoms with E-state index in [4.69, 9.17) is 5.73 Å². The molecule has 2 unspecified atom stereocenters. The number of amides is 1. The first kappa shape index (κ1) is 13.1. The first-order chi connectivity index (χ1) is 8.41. The number of benzene rings is 1.